The second-order valence-electron chi connectivity index (χ2n) is 5.85. The molecule has 5 nitrogen and oxygen atoms in total. The summed E-state index contributed by atoms with van der Waals surface area (Å²) < 4.78 is 5.79. The van der Waals surface area contributed by atoms with Gasteiger partial charge < -0.3 is 10.1 Å². The molecule has 0 saturated carbocycles. The third-order valence-electron chi connectivity index (χ3n) is 3.74. The quantitative estimate of drug-likeness (QED) is 0.632. The van der Waals surface area contributed by atoms with Crippen molar-refractivity contribution in [1.29, 1.82) is 0 Å². The minimum Gasteiger partial charge on any atom is -0.489 e. The number of hydrogen-bond donors (Lipinski definition) is 1. The highest BCUT2D eigenvalue weighted by atomic mass is 35.5. The smallest absolute Gasteiger partial charge is 0.248 e. The van der Waals surface area contributed by atoms with E-state index in [-0.39, 0.29) is 5.91 Å². The van der Waals surface area contributed by atoms with Crippen molar-refractivity contribution >= 4 is 29.3 Å². The van der Waals surface area contributed by atoms with Crippen molar-refractivity contribution in [2.75, 3.05) is 5.32 Å². The average molecular weight is 380 g/mol. The normalized spacial score (nSPS) is 10.7. The Bertz CT molecular complexity index is 959. The summed E-state index contributed by atoms with van der Waals surface area (Å²) >= 11 is 5.98. The average Bonchev–Trinajstić information content (AvgIpc) is 2.67. The van der Waals surface area contributed by atoms with Crippen LogP contribution in [-0.4, -0.2) is 15.9 Å². The molecule has 0 aliphatic heterocycles. The SMILES string of the molecule is Cc1cc(OCc2cccc(Cl)c2)ccc1NC(=O)/C=C/c1cnccn1. The van der Waals surface area contributed by atoms with Gasteiger partial charge >= 0.3 is 0 Å². The Morgan fingerprint density at radius 3 is 2.85 bits per heavy atom. The Balaban J connectivity index is 1.59. The maximum Gasteiger partial charge on any atom is 0.248 e. The molecule has 0 fully saturated rings. The van der Waals surface area contributed by atoms with E-state index < -0.39 is 0 Å². The molecule has 0 unspecified atom stereocenters. The molecule has 2 aromatic carbocycles. The van der Waals surface area contributed by atoms with Crippen LogP contribution in [0.3, 0.4) is 0 Å². The molecule has 1 aromatic heterocycles. The first-order valence-electron chi connectivity index (χ1n) is 8.33. The molecule has 0 atom stereocenters. The van der Waals surface area contributed by atoms with Crippen LogP contribution in [0.25, 0.3) is 6.08 Å². The van der Waals surface area contributed by atoms with Gasteiger partial charge in [0.05, 0.1) is 11.9 Å². The Morgan fingerprint density at radius 1 is 1.22 bits per heavy atom. The molecule has 1 heterocycles. The number of carbonyl (C=O) groups is 1. The fraction of sp³-hybridized carbons (Fsp3) is 0.0952. The third-order valence-corrected chi connectivity index (χ3v) is 3.97. The van der Waals surface area contributed by atoms with Gasteiger partial charge in [-0.1, -0.05) is 23.7 Å². The molecule has 136 valence electrons. The summed E-state index contributed by atoms with van der Waals surface area (Å²) in [5.41, 5.74) is 3.24. The van der Waals surface area contributed by atoms with Crippen LogP contribution in [0.15, 0.2) is 67.1 Å². The fourth-order valence-corrected chi connectivity index (χ4v) is 2.60. The lowest BCUT2D eigenvalue weighted by molar-refractivity contribution is -0.111. The van der Waals surface area contributed by atoms with Crippen LogP contribution in [0.4, 0.5) is 5.69 Å². The van der Waals surface area contributed by atoms with E-state index >= 15 is 0 Å². The molecule has 0 aliphatic carbocycles. The molecular weight excluding hydrogens is 362 g/mol. The zero-order valence-electron chi connectivity index (χ0n) is 14.7. The van der Waals surface area contributed by atoms with Crippen molar-refractivity contribution in [3.63, 3.8) is 0 Å². The predicted molar refractivity (Wildman–Crippen MR) is 107 cm³/mol. The second-order valence-corrected chi connectivity index (χ2v) is 6.28. The Hall–Kier alpha value is -3.18. The lowest BCUT2D eigenvalue weighted by Crippen LogP contribution is -2.09. The number of ether oxygens (including phenoxy) is 1. The number of carbonyl (C=O) groups excluding carboxylic acids is 1. The number of halogens is 1. The van der Waals surface area contributed by atoms with Gasteiger partial charge in [-0.05, 0) is 54.5 Å². The highest BCUT2D eigenvalue weighted by Gasteiger charge is 2.05. The minimum absolute atomic E-state index is 0.239. The first kappa shape index (κ1) is 18.6. The molecule has 0 radical (unpaired) electrons. The first-order valence-corrected chi connectivity index (χ1v) is 8.71. The van der Waals surface area contributed by atoms with E-state index in [1.165, 1.54) is 6.08 Å². The lowest BCUT2D eigenvalue weighted by atomic mass is 10.2. The van der Waals surface area contributed by atoms with Crippen molar-refractivity contribution in [1.82, 2.24) is 9.97 Å². The van der Waals surface area contributed by atoms with Gasteiger partial charge in [-0.15, -0.1) is 0 Å². The van der Waals surface area contributed by atoms with E-state index in [0.29, 0.717) is 17.3 Å². The van der Waals surface area contributed by atoms with Gasteiger partial charge in [-0.25, -0.2) is 0 Å². The summed E-state index contributed by atoms with van der Waals surface area (Å²) in [4.78, 5) is 20.1. The summed E-state index contributed by atoms with van der Waals surface area (Å²) in [6.07, 6.45) is 7.77. The molecule has 0 aliphatic rings. The van der Waals surface area contributed by atoms with Crippen molar-refractivity contribution in [2.45, 2.75) is 13.5 Å². The third kappa shape index (κ3) is 5.66. The van der Waals surface area contributed by atoms with Crippen molar-refractivity contribution in [3.05, 3.63) is 89.0 Å². The van der Waals surface area contributed by atoms with Gasteiger partial charge in [0.2, 0.25) is 5.91 Å². The molecule has 6 heteroatoms. The second kappa shape index (κ2) is 8.96. The highest BCUT2D eigenvalue weighted by Crippen LogP contribution is 2.22. The van der Waals surface area contributed by atoms with Crippen molar-refractivity contribution in [2.24, 2.45) is 0 Å². The van der Waals surface area contributed by atoms with Gasteiger partial charge in [-0.3, -0.25) is 14.8 Å². The number of anilines is 1. The van der Waals surface area contributed by atoms with Crippen LogP contribution in [0, 0.1) is 6.92 Å². The summed E-state index contributed by atoms with van der Waals surface area (Å²) in [6.45, 7) is 2.33. The van der Waals surface area contributed by atoms with E-state index in [9.17, 15) is 4.79 Å². The first-order chi connectivity index (χ1) is 13.1. The van der Waals surface area contributed by atoms with Crippen molar-refractivity contribution in [3.8, 4) is 5.75 Å². The van der Waals surface area contributed by atoms with E-state index in [0.717, 1.165) is 22.6 Å². The highest BCUT2D eigenvalue weighted by molar-refractivity contribution is 6.30. The maximum absolute atomic E-state index is 12.1. The molecule has 1 N–H and O–H groups in total. The molecule has 3 aromatic rings. The number of nitrogens with one attached hydrogen (secondary N) is 1. The van der Waals surface area contributed by atoms with Crippen molar-refractivity contribution < 1.29 is 9.53 Å². The van der Waals surface area contributed by atoms with Gasteiger partial charge in [-0.2, -0.15) is 0 Å². The molecule has 27 heavy (non-hydrogen) atoms. The van der Waals surface area contributed by atoms with E-state index in [4.69, 9.17) is 16.3 Å². The number of aryl methyl sites for hydroxylation is 1. The number of amides is 1. The zero-order chi connectivity index (χ0) is 19.1. The molecule has 1 amide bonds. The molecule has 0 saturated heterocycles. The van der Waals surface area contributed by atoms with E-state index in [1.54, 1.807) is 24.7 Å². The van der Waals surface area contributed by atoms with Crippen LogP contribution in [-0.2, 0) is 11.4 Å². The zero-order valence-corrected chi connectivity index (χ0v) is 15.5. The maximum atomic E-state index is 12.1. The number of rotatable bonds is 6. The Kier molecular flexibility index (Phi) is 6.18. The van der Waals surface area contributed by atoms with Gasteiger partial charge in [0.25, 0.3) is 0 Å². The topological polar surface area (TPSA) is 64.1 Å². The molecule has 3 rings (SSSR count). The number of nitrogens with zero attached hydrogens (tertiary/aromatic N) is 2. The molecule has 0 spiro atoms. The summed E-state index contributed by atoms with van der Waals surface area (Å²) in [5, 5.41) is 3.52. The summed E-state index contributed by atoms with van der Waals surface area (Å²) in [5.74, 6) is 0.483. The van der Waals surface area contributed by atoms with Gasteiger partial charge in [0.1, 0.15) is 12.4 Å². The fourth-order valence-electron chi connectivity index (χ4n) is 2.39. The predicted octanol–water partition coefficient (Wildman–Crippen LogP) is 4.67. The minimum atomic E-state index is -0.239. The Morgan fingerprint density at radius 2 is 2.11 bits per heavy atom. The standard InChI is InChI=1S/C21H18ClN3O2/c1-15-11-19(27-14-16-3-2-4-17(22)12-16)6-7-20(15)25-21(26)8-5-18-13-23-9-10-24-18/h2-13H,14H2,1H3,(H,25,26)/b8-5+. The van der Waals surface area contributed by atoms with Gasteiger partial charge in [0, 0.05) is 29.2 Å². The largest absolute Gasteiger partial charge is 0.489 e. The van der Waals surface area contributed by atoms with E-state index in [2.05, 4.69) is 15.3 Å². The molecular formula is C21H18ClN3O2. The van der Waals surface area contributed by atoms with Gasteiger partial charge in [0.15, 0.2) is 0 Å². The van der Waals surface area contributed by atoms with E-state index in [1.807, 2.05) is 49.4 Å². The Labute approximate surface area is 162 Å². The van der Waals surface area contributed by atoms with Crippen LogP contribution in [0.1, 0.15) is 16.8 Å². The monoisotopic (exact) mass is 379 g/mol. The number of benzene rings is 2. The van der Waals surface area contributed by atoms with Crippen LogP contribution < -0.4 is 10.1 Å². The number of aromatic nitrogens is 2. The van der Waals surface area contributed by atoms with Crippen LogP contribution in [0.5, 0.6) is 5.75 Å². The lowest BCUT2D eigenvalue weighted by Gasteiger charge is -2.11. The number of hydrogen-bond acceptors (Lipinski definition) is 4. The van der Waals surface area contributed by atoms with Crippen LogP contribution >= 0.6 is 11.6 Å². The summed E-state index contributed by atoms with van der Waals surface area (Å²) in [7, 11) is 0. The van der Waals surface area contributed by atoms with Crippen LogP contribution in [0.2, 0.25) is 5.02 Å². The summed E-state index contributed by atoms with van der Waals surface area (Å²) in [6, 6.07) is 13.1. The molecule has 0 bridgehead atoms.